The predicted octanol–water partition coefficient (Wildman–Crippen LogP) is 6.44. The standard InChI is InChI=1S/C33H32O7/c1-4-31(34)40-30-19-15-28(16-20-30)27-13-9-25(10-14-27)7-8-26-11-17-29(18-12-26)38-21-5-6-22-39-33(36)24(2)23-32(35)37-3/h4,7-20H,1-2,5-6,21-23H2,3H3/b8-7+. The Labute approximate surface area is 234 Å². The lowest BCUT2D eigenvalue weighted by Crippen LogP contribution is -2.13. The highest BCUT2D eigenvalue weighted by atomic mass is 16.5. The summed E-state index contributed by atoms with van der Waals surface area (Å²) in [7, 11) is 1.25. The van der Waals surface area contributed by atoms with E-state index in [2.05, 4.69) is 17.9 Å². The fourth-order valence-electron chi connectivity index (χ4n) is 3.51. The first kappa shape index (κ1) is 29.6. The highest BCUT2D eigenvalue weighted by molar-refractivity contribution is 5.93. The van der Waals surface area contributed by atoms with E-state index in [1.54, 1.807) is 12.1 Å². The first-order chi connectivity index (χ1) is 19.4. The van der Waals surface area contributed by atoms with Gasteiger partial charge in [0, 0.05) is 11.6 Å². The molecule has 0 unspecified atom stereocenters. The maximum atomic E-state index is 11.8. The van der Waals surface area contributed by atoms with Crippen molar-refractivity contribution in [2.45, 2.75) is 19.3 Å². The lowest BCUT2D eigenvalue weighted by Gasteiger charge is -2.08. The molecular formula is C33H32O7. The molecule has 0 atom stereocenters. The molecule has 0 saturated carbocycles. The lowest BCUT2D eigenvalue weighted by molar-refractivity contribution is -0.144. The number of carbonyl (C=O) groups excluding carboxylic acids is 3. The summed E-state index contributed by atoms with van der Waals surface area (Å²) in [5, 5.41) is 0. The Balaban J connectivity index is 1.39. The van der Waals surface area contributed by atoms with Gasteiger partial charge in [0.15, 0.2) is 0 Å². The van der Waals surface area contributed by atoms with Crippen LogP contribution in [0.25, 0.3) is 23.3 Å². The van der Waals surface area contributed by atoms with Gasteiger partial charge < -0.3 is 18.9 Å². The van der Waals surface area contributed by atoms with E-state index < -0.39 is 17.9 Å². The number of hydrogen-bond donors (Lipinski definition) is 0. The van der Waals surface area contributed by atoms with E-state index in [1.165, 1.54) is 7.11 Å². The van der Waals surface area contributed by atoms with Crippen molar-refractivity contribution in [3.8, 4) is 22.6 Å². The maximum absolute atomic E-state index is 11.8. The van der Waals surface area contributed by atoms with Crippen molar-refractivity contribution < 1.29 is 33.3 Å². The monoisotopic (exact) mass is 540 g/mol. The molecule has 0 N–H and O–H groups in total. The van der Waals surface area contributed by atoms with Gasteiger partial charge in [-0.3, -0.25) is 4.79 Å². The van der Waals surface area contributed by atoms with Gasteiger partial charge >= 0.3 is 17.9 Å². The van der Waals surface area contributed by atoms with Crippen LogP contribution >= 0.6 is 0 Å². The van der Waals surface area contributed by atoms with Crippen molar-refractivity contribution in [2.24, 2.45) is 0 Å². The Morgan fingerprint density at radius 1 is 0.750 bits per heavy atom. The largest absolute Gasteiger partial charge is 0.494 e. The topological polar surface area (TPSA) is 88.1 Å². The highest BCUT2D eigenvalue weighted by Crippen LogP contribution is 2.24. The van der Waals surface area contributed by atoms with Gasteiger partial charge in [0.05, 0.1) is 26.7 Å². The quantitative estimate of drug-likeness (QED) is 0.0765. The molecule has 0 aliphatic carbocycles. The van der Waals surface area contributed by atoms with Crippen LogP contribution in [0.2, 0.25) is 0 Å². The summed E-state index contributed by atoms with van der Waals surface area (Å²) >= 11 is 0. The number of benzene rings is 3. The van der Waals surface area contributed by atoms with Crippen LogP contribution in [0.3, 0.4) is 0 Å². The lowest BCUT2D eigenvalue weighted by atomic mass is 10.0. The van der Waals surface area contributed by atoms with Crippen molar-refractivity contribution >= 4 is 30.1 Å². The van der Waals surface area contributed by atoms with Crippen LogP contribution in [0.1, 0.15) is 30.4 Å². The van der Waals surface area contributed by atoms with Gasteiger partial charge in [0.2, 0.25) is 0 Å². The summed E-state index contributed by atoms with van der Waals surface area (Å²) in [5.41, 5.74) is 4.26. The number of methoxy groups -OCH3 is 1. The van der Waals surface area contributed by atoms with E-state index in [9.17, 15) is 14.4 Å². The minimum absolute atomic E-state index is 0.0755. The normalized spacial score (nSPS) is 10.5. The zero-order valence-corrected chi connectivity index (χ0v) is 22.5. The Kier molecular flexibility index (Phi) is 11.5. The fourth-order valence-corrected chi connectivity index (χ4v) is 3.51. The van der Waals surface area contributed by atoms with Gasteiger partial charge in [-0.05, 0) is 59.4 Å². The molecule has 0 radical (unpaired) electrons. The molecule has 0 aromatic heterocycles. The molecule has 3 rings (SSSR count). The second kappa shape index (κ2) is 15.5. The predicted molar refractivity (Wildman–Crippen MR) is 155 cm³/mol. The summed E-state index contributed by atoms with van der Waals surface area (Å²) in [5.74, 6) is -0.367. The van der Waals surface area contributed by atoms with E-state index in [0.717, 1.165) is 34.1 Å². The number of esters is 3. The molecule has 0 saturated heterocycles. The summed E-state index contributed by atoms with van der Waals surface area (Å²) in [4.78, 5) is 34.2. The van der Waals surface area contributed by atoms with E-state index in [4.69, 9.17) is 14.2 Å². The van der Waals surface area contributed by atoms with Crippen molar-refractivity contribution in [1.82, 2.24) is 0 Å². The third-order valence-electron chi connectivity index (χ3n) is 5.75. The van der Waals surface area contributed by atoms with E-state index >= 15 is 0 Å². The minimum Gasteiger partial charge on any atom is -0.494 e. The fraction of sp³-hybridized carbons (Fsp3) is 0.182. The van der Waals surface area contributed by atoms with Crippen molar-refractivity contribution in [3.05, 3.63) is 109 Å². The number of unbranched alkanes of at least 4 members (excludes halogenated alkanes) is 1. The number of carbonyl (C=O) groups is 3. The van der Waals surface area contributed by atoms with Gasteiger partial charge in [-0.15, -0.1) is 0 Å². The molecule has 0 aliphatic rings. The highest BCUT2D eigenvalue weighted by Gasteiger charge is 2.13. The van der Waals surface area contributed by atoms with Crippen LogP contribution in [-0.4, -0.2) is 38.2 Å². The van der Waals surface area contributed by atoms with Crippen molar-refractivity contribution in [2.75, 3.05) is 20.3 Å². The number of ether oxygens (including phenoxy) is 4. The SMILES string of the molecule is C=CC(=O)Oc1ccc(-c2ccc(/C=C/c3ccc(OCCCCOC(=O)C(=C)CC(=O)OC)cc3)cc2)cc1. The number of hydrogen-bond acceptors (Lipinski definition) is 7. The molecule has 7 nitrogen and oxygen atoms in total. The molecule has 0 aliphatic heterocycles. The molecule has 0 heterocycles. The summed E-state index contributed by atoms with van der Waals surface area (Å²) in [6.45, 7) is 7.66. The van der Waals surface area contributed by atoms with Crippen LogP contribution in [-0.2, 0) is 23.9 Å². The maximum Gasteiger partial charge on any atom is 0.335 e. The van der Waals surface area contributed by atoms with E-state index in [-0.39, 0.29) is 18.6 Å². The second-order valence-corrected chi connectivity index (χ2v) is 8.72. The zero-order chi connectivity index (χ0) is 28.7. The minimum atomic E-state index is -0.592. The van der Waals surface area contributed by atoms with Crippen molar-refractivity contribution in [3.63, 3.8) is 0 Å². The smallest absolute Gasteiger partial charge is 0.335 e. The molecule has 0 bridgehead atoms. The molecular weight excluding hydrogens is 508 g/mol. The molecule has 206 valence electrons. The van der Waals surface area contributed by atoms with Gasteiger partial charge in [0.25, 0.3) is 0 Å². The molecule has 0 spiro atoms. The number of rotatable bonds is 14. The first-order valence-electron chi connectivity index (χ1n) is 12.8. The van der Waals surface area contributed by atoms with Crippen molar-refractivity contribution in [1.29, 1.82) is 0 Å². The molecule has 0 fully saturated rings. The summed E-state index contributed by atoms with van der Waals surface area (Å²) in [6.07, 6.45) is 6.37. The Bertz CT molecular complexity index is 1340. The van der Waals surface area contributed by atoms with Gasteiger partial charge in [-0.1, -0.05) is 73.8 Å². The van der Waals surface area contributed by atoms with Crippen LogP contribution in [0.4, 0.5) is 0 Å². The van der Waals surface area contributed by atoms with E-state index in [0.29, 0.717) is 25.2 Å². The second-order valence-electron chi connectivity index (χ2n) is 8.72. The van der Waals surface area contributed by atoms with Crippen LogP contribution in [0.5, 0.6) is 11.5 Å². The summed E-state index contributed by atoms with van der Waals surface area (Å²) < 4.78 is 20.5. The molecule has 0 amide bonds. The Hall–Kier alpha value is -4.91. The van der Waals surface area contributed by atoms with Gasteiger partial charge in [-0.25, -0.2) is 9.59 Å². The Morgan fingerprint density at radius 2 is 1.27 bits per heavy atom. The first-order valence-corrected chi connectivity index (χ1v) is 12.8. The molecule has 3 aromatic carbocycles. The van der Waals surface area contributed by atoms with Crippen LogP contribution in [0.15, 0.2) is 97.6 Å². The Morgan fingerprint density at radius 3 is 1.85 bits per heavy atom. The molecule has 7 heteroatoms. The summed E-state index contributed by atoms with van der Waals surface area (Å²) in [6, 6.07) is 23.3. The van der Waals surface area contributed by atoms with E-state index in [1.807, 2.05) is 72.8 Å². The van der Waals surface area contributed by atoms with Gasteiger partial charge in [-0.2, -0.15) is 0 Å². The molecule has 40 heavy (non-hydrogen) atoms. The van der Waals surface area contributed by atoms with Crippen LogP contribution < -0.4 is 9.47 Å². The zero-order valence-electron chi connectivity index (χ0n) is 22.5. The average molecular weight is 541 g/mol. The third-order valence-corrected chi connectivity index (χ3v) is 5.75. The average Bonchev–Trinajstić information content (AvgIpc) is 2.98. The third kappa shape index (κ3) is 9.76. The molecule has 3 aromatic rings. The van der Waals surface area contributed by atoms with Crippen LogP contribution in [0, 0.1) is 0 Å². The van der Waals surface area contributed by atoms with Gasteiger partial charge in [0.1, 0.15) is 11.5 Å².